The van der Waals surface area contributed by atoms with Gasteiger partial charge in [-0.1, -0.05) is 17.3 Å². The molecule has 90 valence electrons. The molecule has 0 saturated carbocycles. The molecule has 0 unspecified atom stereocenters. The van der Waals surface area contributed by atoms with Crippen LogP contribution in [0.2, 0.25) is 0 Å². The summed E-state index contributed by atoms with van der Waals surface area (Å²) in [5.41, 5.74) is 0. The number of thioether (sulfide) groups is 1. The van der Waals surface area contributed by atoms with E-state index in [2.05, 4.69) is 10.1 Å². The Kier molecular flexibility index (Phi) is 5.01. The number of allylic oxidation sites excluding steroid dienone is 1. The van der Waals surface area contributed by atoms with E-state index >= 15 is 0 Å². The smallest absolute Gasteiger partial charge is 0.236 e. The Bertz CT molecular complexity index is 451. The summed E-state index contributed by atoms with van der Waals surface area (Å²) in [4.78, 5) is 3.99. The summed E-state index contributed by atoms with van der Waals surface area (Å²) in [6.45, 7) is 1.96. The Morgan fingerprint density at radius 2 is 2.25 bits per heavy atom. The van der Waals surface area contributed by atoms with Gasteiger partial charge in [0.05, 0.1) is 5.75 Å². The van der Waals surface area contributed by atoms with Crippen molar-refractivity contribution < 1.29 is 12.9 Å². The highest BCUT2D eigenvalue weighted by atomic mass is 32.2. The molecule has 1 heterocycles. The lowest BCUT2D eigenvalue weighted by Gasteiger charge is -1.90. The third-order valence-corrected chi connectivity index (χ3v) is 3.24. The van der Waals surface area contributed by atoms with Gasteiger partial charge in [0.2, 0.25) is 5.89 Å². The lowest BCUT2D eigenvalue weighted by molar-refractivity contribution is 0.386. The summed E-state index contributed by atoms with van der Waals surface area (Å²) in [6.07, 6.45) is 5.14. The van der Waals surface area contributed by atoms with Gasteiger partial charge in [0.25, 0.3) is 0 Å². The van der Waals surface area contributed by atoms with E-state index in [0.29, 0.717) is 11.6 Å². The van der Waals surface area contributed by atoms with Crippen LogP contribution in [0.5, 0.6) is 0 Å². The molecule has 0 radical (unpaired) electrons. The fraction of sp³-hybridized carbons (Fsp3) is 0.556. The molecule has 0 aliphatic carbocycles. The summed E-state index contributed by atoms with van der Waals surface area (Å²) in [5.74, 6) is 1.99. The van der Waals surface area contributed by atoms with Crippen molar-refractivity contribution in [2.45, 2.75) is 18.4 Å². The first-order valence-electron chi connectivity index (χ1n) is 4.69. The minimum Gasteiger partial charge on any atom is -0.338 e. The maximum atomic E-state index is 11.0. The molecule has 0 spiro atoms. The lowest BCUT2D eigenvalue weighted by Crippen LogP contribution is -2.02. The zero-order valence-electron chi connectivity index (χ0n) is 9.21. The first-order chi connectivity index (χ1) is 7.51. The van der Waals surface area contributed by atoms with Crippen LogP contribution in [0.15, 0.2) is 16.7 Å². The van der Waals surface area contributed by atoms with E-state index < -0.39 is 9.84 Å². The minimum atomic E-state index is -3.10. The van der Waals surface area contributed by atoms with E-state index in [9.17, 15) is 8.42 Å². The monoisotopic (exact) mass is 262 g/mol. The molecule has 0 bridgehead atoms. The summed E-state index contributed by atoms with van der Waals surface area (Å²) in [6, 6.07) is 0. The van der Waals surface area contributed by atoms with Gasteiger partial charge in [-0.15, -0.1) is 11.8 Å². The van der Waals surface area contributed by atoms with Crippen LogP contribution in [-0.2, 0) is 21.3 Å². The molecule has 1 aromatic rings. The Hall–Kier alpha value is -0.820. The van der Waals surface area contributed by atoms with E-state index in [1.54, 1.807) is 11.8 Å². The second kappa shape index (κ2) is 6.05. The molecule has 1 rings (SSSR count). The van der Waals surface area contributed by atoms with Gasteiger partial charge in [0.15, 0.2) is 15.7 Å². The van der Waals surface area contributed by atoms with Crippen molar-refractivity contribution >= 4 is 21.6 Å². The summed E-state index contributed by atoms with van der Waals surface area (Å²) < 4.78 is 26.9. The first kappa shape index (κ1) is 13.2. The van der Waals surface area contributed by atoms with Gasteiger partial charge in [-0.2, -0.15) is 4.98 Å². The molecule has 0 saturated heterocycles. The molecule has 0 fully saturated rings. The Morgan fingerprint density at radius 1 is 1.50 bits per heavy atom. The van der Waals surface area contributed by atoms with E-state index in [1.165, 1.54) is 0 Å². The van der Waals surface area contributed by atoms with Gasteiger partial charge in [-0.3, -0.25) is 0 Å². The second-order valence-electron chi connectivity index (χ2n) is 3.26. The van der Waals surface area contributed by atoms with Crippen LogP contribution in [0.3, 0.4) is 0 Å². The molecular weight excluding hydrogens is 248 g/mol. The first-order valence-corrected chi connectivity index (χ1v) is 7.91. The molecule has 0 amide bonds. The minimum absolute atomic E-state index is 0.171. The van der Waals surface area contributed by atoms with Gasteiger partial charge < -0.3 is 4.52 Å². The van der Waals surface area contributed by atoms with Crippen molar-refractivity contribution in [1.82, 2.24) is 10.1 Å². The molecule has 1 aromatic heterocycles. The van der Waals surface area contributed by atoms with Crippen molar-refractivity contribution in [3.63, 3.8) is 0 Å². The fourth-order valence-corrected chi connectivity index (χ4v) is 2.28. The standard InChI is InChI=1S/C9H14N2O3S2/c1-3-4-5-15-6-9-10-8(11-14-9)7-16(2,12)13/h3-4H,5-7H2,1-2H3. The Morgan fingerprint density at radius 3 is 2.88 bits per heavy atom. The van der Waals surface area contributed by atoms with Crippen LogP contribution in [0, 0.1) is 0 Å². The highest BCUT2D eigenvalue weighted by molar-refractivity contribution is 7.98. The maximum Gasteiger partial charge on any atom is 0.236 e. The average molecular weight is 262 g/mol. The SMILES string of the molecule is CC=CCSCc1nc(CS(C)(=O)=O)no1. The van der Waals surface area contributed by atoms with Gasteiger partial charge in [0.1, 0.15) is 5.75 Å². The normalized spacial score (nSPS) is 12.4. The second-order valence-corrected chi connectivity index (χ2v) is 6.43. The zero-order chi connectivity index (χ0) is 12.0. The average Bonchev–Trinajstić information content (AvgIpc) is 2.58. The predicted octanol–water partition coefficient (Wildman–Crippen LogP) is 1.42. The van der Waals surface area contributed by atoms with Crippen molar-refractivity contribution in [2.24, 2.45) is 0 Å². The third kappa shape index (κ3) is 5.32. The van der Waals surface area contributed by atoms with E-state index in [1.807, 2.05) is 19.1 Å². The Labute approximate surface area is 99.2 Å². The number of sulfone groups is 1. The van der Waals surface area contributed by atoms with Gasteiger partial charge in [0, 0.05) is 12.0 Å². The van der Waals surface area contributed by atoms with Crippen LogP contribution < -0.4 is 0 Å². The summed E-state index contributed by atoms with van der Waals surface area (Å²) in [5, 5.41) is 3.60. The molecule has 0 aliphatic rings. The van der Waals surface area contributed by atoms with Crippen LogP contribution in [0.1, 0.15) is 18.6 Å². The highest BCUT2D eigenvalue weighted by Gasteiger charge is 2.11. The number of hydrogen-bond acceptors (Lipinski definition) is 6. The van der Waals surface area contributed by atoms with Crippen LogP contribution >= 0.6 is 11.8 Å². The van der Waals surface area contributed by atoms with Gasteiger partial charge in [-0.25, -0.2) is 8.42 Å². The van der Waals surface area contributed by atoms with Crippen LogP contribution in [0.25, 0.3) is 0 Å². The van der Waals surface area contributed by atoms with Crippen molar-refractivity contribution in [3.8, 4) is 0 Å². The molecule has 0 aliphatic heterocycles. The van der Waals surface area contributed by atoms with Crippen LogP contribution in [0.4, 0.5) is 0 Å². The van der Waals surface area contributed by atoms with E-state index in [4.69, 9.17) is 4.52 Å². The van der Waals surface area contributed by atoms with Crippen molar-refractivity contribution in [3.05, 3.63) is 23.9 Å². The Balaban J connectivity index is 2.45. The van der Waals surface area contributed by atoms with Crippen LogP contribution in [-0.4, -0.2) is 30.6 Å². The summed E-state index contributed by atoms with van der Waals surface area (Å²) in [7, 11) is -3.10. The number of aromatic nitrogens is 2. The zero-order valence-corrected chi connectivity index (χ0v) is 10.8. The topological polar surface area (TPSA) is 73.1 Å². The van der Waals surface area contributed by atoms with Crippen molar-refractivity contribution in [1.29, 1.82) is 0 Å². The molecular formula is C9H14N2O3S2. The molecule has 16 heavy (non-hydrogen) atoms. The predicted molar refractivity (Wildman–Crippen MR) is 63.8 cm³/mol. The van der Waals surface area contributed by atoms with Gasteiger partial charge >= 0.3 is 0 Å². The van der Waals surface area contributed by atoms with E-state index in [-0.39, 0.29) is 11.6 Å². The summed E-state index contributed by atoms with van der Waals surface area (Å²) >= 11 is 1.63. The lowest BCUT2D eigenvalue weighted by atomic mass is 10.6. The third-order valence-electron chi connectivity index (χ3n) is 1.58. The highest BCUT2D eigenvalue weighted by Crippen LogP contribution is 2.11. The van der Waals surface area contributed by atoms with E-state index in [0.717, 1.165) is 12.0 Å². The number of hydrogen-bond donors (Lipinski definition) is 0. The van der Waals surface area contributed by atoms with Gasteiger partial charge in [-0.05, 0) is 6.92 Å². The largest absolute Gasteiger partial charge is 0.338 e. The quantitative estimate of drug-likeness (QED) is 0.570. The van der Waals surface area contributed by atoms with Crippen molar-refractivity contribution in [2.75, 3.05) is 12.0 Å². The molecule has 5 nitrogen and oxygen atoms in total. The molecule has 0 atom stereocenters. The number of rotatable bonds is 6. The molecule has 7 heteroatoms. The number of nitrogens with zero attached hydrogens (tertiary/aromatic N) is 2. The molecule has 0 aromatic carbocycles. The maximum absolute atomic E-state index is 11.0. The molecule has 0 N–H and O–H groups in total. The fourth-order valence-electron chi connectivity index (χ4n) is 0.952.